The molecule has 0 spiro atoms. The first-order chi connectivity index (χ1) is 8.89. The van der Waals surface area contributed by atoms with Crippen LogP contribution in [0.3, 0.4) is 0 Å². The molecule has 0 radical (unpaired) electrons. The molecule has 1 aliphatic heterocycles. The van der Waals surface area contributed by atoms with E-state index in [0.717, 1.165) is 0 Å². The summed E-state index contributed by atoms with van der Waals surface area (Å²) in [7, 11) is 0. The third-order valence-electron chi connectivity index (χ3n) is 3.28. The average molecular weight is 271 g/mol. The summed E-state index contributed by atoms with van der Waals surface area (Å²) in [5.41, 5.74) is 3.24. The van der Waals surface area contributed by atoms with E-state index < -0.39 is 35.9 Å². The number of hydrogen-bond acceptors (Lipinski definition) is 6. The Morgan fingerprint density at radius 2 is 2.32 bits per heavy atom. The lowest BCUT2D eigenvalue weighted by Crippen LogP contribution is -2.48. The number of aryl methyl sites for hydroxylation is 1. The van der Waals surface area contributed by atoms with Crippen LogP contribution in [0, 0.1) is 0 Å². The number of hydrogen-bond donors (Lipinski definition) is 4. The molecule has 8 nitrogen and oxygen atoms in total. The van der Waals surface area contributed by atoms with E-state index in [4.69, 9.17) is 15.6 Å². The minimum Gasteiger partial charge on any atom is -0.393 e. The van der Waals surface area contributed by atoms with Gasteiger partial charge in [-0.3, -0.25) is 14.3 Å². The van der Waals surface area contributed by atoms with Crippen molar-refractivity contribution in [3.05, 3.63) is 32.6 Å². The molecule has 8 heteroatoms. The van der Waals surface area contributed by atoms with Crippen molar-refractivity contribution in [3.63, 3.8) is 0 Å². The van der Waals surface area contributed by atoms with Crippen LogP contribution in [0.4, 0.5) is 0 Å². The summed E-state index contributed by atoms with van der Waals surface area (Å²) in [6.07, 6.45) is 0.0106. The fourth-order valence-corrected chi connectivity index (χ4v) is 2.12. The third-order valence-corrected chi connectivity index (χ3v) is 3.28. The lowest BCUT2D eigenvalue weighted by Gasteiger charge is -2.20. The van der Waals surface area contributed by atoms with Gasteiger partial charge in [0.15, 0.2) is 0 Å². The lowest BCUT2D eigenvalue weighted by atomic mass is 10.1. The summed E-state index contributed by atoms with van der Waals surface area (Å²) < 4.78 is 6.52. The van der Waals surface area contributed by atoms with Crippen LogP contribution in [0.5, 0.6) is 0 Å². The van der Waals surface area contributed by atoms with E-state index in [-0.39, 0.29) is 6.42 Å². The van der Waals surface area contributed by atoms with Crippen LogP contribution in [0.2, 0.25) is 0 Å². The fraction of sp³-hybridized carbons (Fsp3) is 0.636. The molecule has 0 bridgehead atoms. The van der Waals surface area contributed by atoms with Crippen molar-refractivity contribution in [1.29, 1.82) is 0 Å². The number of aliphatic hydroxyl groups is 2. The molecule has 0 aliphatic carbocycles. The second-order valence-electron chi connectivity index (χ2n) is 4.63. The van der Waals surface area contributed by atoms with Crippen LogP contribution in [0.1, 0.15) is 25.1 Å². The van der Waals surface area contributed by atoms with Gasteiger partial charge in [-0.05, 0) is 6.42 Å². The maximum atomic E-state index is 11.7. The Kier molecular flexibility index (Phi) is 3.59. The van der Waals surface area contributed by atoms with Gasteiger partial charge in [-0.25, -0.2) is 4.79 Å². The Morgan fingerprint density at radius 1 is 1.63 bits per heavy atom. The highest BCUT2D eigenvalue weighted by Crippen LogP contribution is 2.32. The molecule has 106 valence electrons. The van der Waals surface area contributed by atoms with Gasteiger partial charge in [0.25, 0.3) is 5.56 Å². The van der Waals surface area contributed by atoms with E-state index in [1.54, 1.807) is 6.92 Å². The first-order valence-electron chi connectivity index (χ1n) is 6.01. The van der Waals surface area contributed by atoms with Crippen LogP contribution in [-0.2, 0) is 11.2 Å². The summed E-state index contributed by atoms with van der Waals surface area (Å²) in [5, 5.41) is 18.9. The summed E-state index contributed by atoms with van der Waals surface area (Å²) in [4.78, 5) is 25.4. The molecule has 0 aromatic carbocycles. The first kappa shape index (κ1) is 13.9. The standard InChI is InChI=1S/C11H17N3O5/c1-2-6-4-14(10(17)13-9(6)16)8-3-11(12,18)7(5-15)19-8/h4,7-8,15,18H,2-3,5,12H2,1H3,(H,13,16,17)/t7-,8-,11+/m1/s1. The van der Waals surface area contributed by atoms with Crippen LogP contribution in [0.25, 0.3) is 0 Å². The van der Waals surface area contributed by atoms with Gasteiger partial charge in [0.2, 0.25) is 0 Å². The quantitative estimate of drug-likeness (QED) is 0.471. The first-order valence-corrected chi connectivity index (χ1v) is 6.01. The van der Waals surface area contributed by atoms with Crippen molar-refractivity contribution in [3.8, 4) is 0 Å². The highest BCUT2D eigenvalue weighted by molar-refractivity contribution is 5.05. The van der Waals surface area contributed by atoms with Crippen molar-refractivity contribution in [2.75, 3.05) is 6.61 Å². The minimum absolute atomic E-state index is 0.0483. The fourth-order valence-electron chi connectivity index (χ4n) is 2.12. The molecule has 0 unspecified atom stereocenters. The molecule has 2 rings (SSSR count). The van der Waals surface area contributed by atoms with E-state index in [1.165, 1.54) is 10.8 Å². The van der Waals surface area contributed by atoms with Gasteiger partial charge in [-0.2, -0.15) is 0 Å². The number of nitrogens with one attached hydrogen (secondary N) is 1. The van der Waals surface area contributed by atoms with Crippen molar-refractivity contribution >= 4 is 0 Å². The van der Waals surface area contributed by atoms with Crippen LogP contribution in [-0.4, -0.2) is 38.2 Å². The zero-order chi connectivity index (χ0) is 14.2. The second-order valence-corrected chi connectivity index (χ2v) is 4.63. The molecular formula is C11H17N3O5. The van der Waals surface area contributed by atoms with Crippen LogP contribution in [0.15, 0.2) is 15.8 Å². The Balaban J connectivity index is 2.39. The Bertz CT molecular complexity index is 576. The molecule has 2 heterocycles. The van der Waals surface area contributed by atoms with Gasteiger partial charge >= 0.3 is 5.69 Å². The van der Waals surface area contributed by atoms with Gasteiger partial charge in [0.05, 0.1) is 6.61 Å². The minimum atomic E-state index is -1.71. The van der Waals surface area contributed by atoms with Crippen molar-refractivity contribution in [1.82, 2.24) is 9.55 Å². The molecule has 3 atom stereocenters. The van der Waals surface area contributed by atoms with Crippen molar-refractivity contribution in [2.45, 2.75) is 37.8 Å². The van der Waals surface area contributed by atoms with Crippen molar-refractivity contribution < 1.29 is 14.9 Å². The topological polar surface area (TPSA) is 131 Å². The normalized spacial score (nSPS) is 30.7. The number of ether oxygens (including phenoxy) is 1. The van der Waals surface area contributed by atoms with Crippen LogP contribution >= 0.6 is 0 Å². The predicted molar refractivity (Wildman–Crippen MR) is 65.5 cm³/mol. The number of aromatic amines is 1. The van der Waals surface area contributed by atoms with Gasteiger partial charge in [0.1, 0.15) is 18.1 Å². The molecular weight excluding hydrogens is 254 g/mol. The van der Waals surface area contributed by atoms with E-state index in [0.29, 0.717) is 12.0 Å². The summed E-state index contributed by atoms with van der Waals surface area (Å²) >= 11 is 0. The van der Waals surface area contributed by atoms with Gasteiger partial charge in [-0.1, -0.05) is 6.92 Å². The SMILES string of the molecule is CCc1cn([C@H]2C[C@](N)(O)[C@@H](CO)O2)c(=O)[nH]c1=O. The maximum Gasteiger partial charge on any atom is 0.330 e. The zero-order valence-electron chi connectivity index (χ0n) is 10.5. The highest BCUT2D eigenvalue weighted by atomic mass is 16.5. The van der Waals surface area contributed by atoms with E-state index in [9.17, 15) is 14.7 Å². The molecule has 1 aromatic rings. The second kappa shape index (κ2) is 4.89. The Hall–Kier alpha value is -1.48. The maximum absolute atomic E-state index is 11.7. The third kappa shape index (κ3) is 2.47. The zero-order valence-corrected chi connectivity index (χ0v) is 10.5. The van der Waals surface area contributed by atoms with Gasteiger partial charge in [-0.15, -0.1) is 0 Å². The largest absolute Gasteiger partial charge is 0.393 e. The summed E-state index contributed by atoms with van der Waals surface area (Å²) in [6.45, 7) is 1.33. The highest BCUT2D eigenvalue weighted by Gasteiger charge is 2.45. The average Bonchev–Trinajstić information content (AvgIpc) is 2.64. The number of aromatic nitrogens is 2. The predicted octanol–water partition coefficient (Wildman–Crippen LogP) is -1.97. The Morgan fingerprint density at radius 3 is 2.84 bits per heavy atom. The van der Waals surface area contributed by atoms with E-state index in [1.807, 2.05) is 0 Å². The number of nitrogens with two attached hydrogens (primary N) is 1. The summed E-state index contributed by atoms with van der Waals surface area (Å²) in [5.74, 6) is 0. The van der Waals surface area contributed by atoms with Gasteiger partial charge < -0.3 is 20.7 Å². The van der Waals surface area contributed by atoms with Crippen LogP contribution < -0.4 is 17.0 Å². The molecule has 19 heavy (non-hydrogen) atoms. The van der Waals surface area contributed by atoms with Crippen molar-refractivity contribution in [2.24, 2.45) is 5.73 Å². The Labute approximate surface area is 108 Å². The molecule has 1 aliphatic rings. The number of rotatable bonds is 3. The number of aliphatic hydroxyl groups excluding tert-OH is 1. The van der Waals surface area contributed by atoms with E-state index in [2.05, 4.69) is 4.98 Å². The number of H-pyrrole nitrogens is 1. The molecule has 1 saturated heterocycles. The molecule has 0 amide bonds. The molecule has 5 N–H and O–H groups in total. The monoisotopic (exact) mass is 271 g/mol. The smallest absolute Gasteiger partial charge is 0.330 e. The summed E-state index contributed by atoms with van der Waals surface area (Å²) in [6, 6.07) is 0. The number of nitrogens with zero attached hydrogens (tertiary/aromatic N) is 1. The molecule has 0 saturated carbocycles. The lowest BCUT2D eigenvalue weighted by molar-refractivity contribution is -0.0801. The molecule has 1 aromatic heterocycles. The van der Waals surface area contributed by atoms with E-state index >= 15 is 0 Å². The molecule has 1 fully saturated rings. The van der Waals surface area contributed by atoms with Gasteiger partial charge in [0, 0.05) is 18.2 Å².